The Morgan fingerprint density at radius 2 is 2.05 bits per heavy atom. The fraction of sp³-hybridized carbons (Fsp3) is 0.786. The van der Waals surface area contributed by atoms with Gasteiger partial charge in [-0.25, -0.2) is 0 Å². The SMILES string of the molecule is CCc1nn(C)c(NCC2(CO)CCCCC2)c1N. The number of nitrogens with two attached hydrogens (primary N) is 1. The van der Waals surface area contributed by atoms with Gasteiger partial charge in [-0.05, 0) is 19.3 Å². The first-order valence-electron chi connectivity index (χ1n) is 7.28. The number of nitrogen functional groups attached to an aromatic ring is 1. The van der Waals surface area contributed by atoms with E-state index in [4.69, 9.17) is 5.73 Å². The number of aliphatic hydroxyl groups is 1. The summed E-state index contributed by atoms with van der Waals surface area (Å²) in [5.74, 6) is 0.884. The summed E-state index contributed by atoms with van der Waals surface area (Å²) in [6.07, 6.45) is 6.73. The summed E-state index contributed by atoms with van der Waals surface area (Å²) in [4.78, 5) is 0. The molecular weight excluding hydrogens is 240 g/mol. The maximum absolute atomic E-state index is 9.72. The van der Waals surface area contributed by atoms with Gasteiger partial charge in [0.1, 0.15) is 5.82 Å². The Morgan fingerprint density at radius 3 is 2.58 bits per heavy atom. The normalized spacial score (nSPS) is 18.5. The zero-order valence-corrected chi connectivity index (χ0v) is 12.1. The second-order valence-electron chi connectivity index (χ2n) is 5.76. The minimum absolute atomic E-state index is 0.0152. The number of hydrogen-bond acceptors (Lipinski definition) is 4. The van der Waals surface area contributed by atoms with E-state index in [1.54, 1.807) is 0 Å². The molecule has 4 N–H and O–H groups in total. The Balaban J connectivity index is 2.07. The molecule has 0 amide bonds. The first-order chi connectivity index (χ1) is 9.12. The number of nitrogens with one attached hydrogen (secondary N) is 1. The van der Waals surface area contributed by atoms with Crippen molar-refractivity contribution in [1.29, 1.82) is 0 Å². The van der Waals surface area contributed by atoms with Crippen LogP contribution in [-0.4, -0.2) is 28.0 Å². The summed E-state index contributed by atoms with van der Waals surface area (Å²) in [5.41, 5.74) is 7.80. The number of hydrogen-bond donors (Lipinski definition) is 3. The molecule has 19 heavy (non-hydrogen) atoms. The fourth-order valence-corrected chi connectivity index (χ4v) is 3.03. The number of rotatable bonds is 5. The quantitative estimate of drug-likeness (QED) is 0.761. The Morgan fingerprint density at radius 1 is 1.37 bits per heavy atom. The van der Waals surface area contributed by atoms with Crippen LogP contribution in [0.25, 0.3) is 0 Å². The van der Waals surface area contributed by atoms with Gasteiger partial charge in [0.25, 0.3) is 0 Å². The van der Waals surface area contributed by atoms with E-state index < -0.39 is 0 Å². The highest BCUT2D eigenvalue weighted by atomic mass is 16.3. The first-order valence-corrected chi connectivity index (χ1v) is 7.28. The van der Waals surface area contributed by atoms with Crippen LogP contribution in [0.1, 0.15) is 44.7 Å². The van der Waals surface area contributed by atoms with Crippen molar-refractivity contribution in [2.45, 2.75) is 45.4 Å². The van der Waals surface area contributed by atoms with E-state index in [9.17, 15) is 5.11 Å². The molecule has 1 aromatic rings. The predicted molar refractivity (Wildman–Crippen MR) is 78.1 cm³/mol. The van der Waals surface area contributed by atoms with E-state index in [2.05, 4.69) is 17.3 Å². The van der Waals surface area contributed by atoms with E-state index in [0.29, 0.717) is 0 Å². The van der Waals surface area contributed by atoms with Crippen molar-refractivity contribution in [3.63, 3.8) is 0 Å². The van der Waals surface area contributed by atoms with Crippen LogP contribution in [0.15, 0.2) is 0 Å². The van der Waals surface area contributed by atoms with Crippen molar-refractivity contribution in [1.82, 2.24) is 9.78 Å². The number of anilines is 2. The highest BCUT2D eigenvalue weighted by molar-refractivity contribution is 5.65. The molecular formula is C14H26N4O. The third-order valence-corrected chi connectivity index (χ3v) is 4.38. The van der Waals surface area contributed by atoms with E-state index in [1.807, 2.05) is 11.7 Å². The Bertz CT molecular complexity index is 421. The molecule has 0 aromatic carbocycles. The molecule has 0 bridgehead atoms. The van der Waals surface area contributed by atoms with E-state index >= 15 is 0 Å². The lowest BCUT2D eigenvalue weighted by Crippen LogP contribution is -2.36. The third kappa shape index (κ3) is 2.86. The number of aromatic nitrogens is 2. The molecule has 5 heteroatoms. The molecule has 0 radical (unpaired) electrons. The van der Waals surface area contributed by atoms with Gasteiger partial charge in [-0.3, -0.25) is 4.68 Å². The molecule has 1 saturated carbocycles. The average molecular weight is 266 g/mol. The van der Waals surface area contributed by atoms with Gasteiger partial charge >= 0.3 is 0 Å². The molecule has 108 valence electrons. The van der Waals surface area contributed by atoms with E-state index in [-0.39, 0.29) is 12.0 Å². The second-order valence-corrected chi connectivity index (χ2v) is 5.76. The minimum atomic E-state index is 0.0152. The highest BCUT2D eigenvalue weighted by Gasteiger charge is 2.31. The van der Waals surface area contributed by atoms with Crippen molar-refractivity contribution in [3.8, 4) is 0 Å². The minimum Gasteiger partial charge on any atom is -0.396 e. The first kappa shape index (κ1) is 14.2. The number of nitrogens with zero attached hydrogens (tertiary/aromatic N) is 2. The zero-order valence-electron chi connectivity index (χ0n) is 12.1. The predicted octanol–water partition coefficient (Wildman–Crippen LogP) is 1.92. The number of aryl methyl sites for hydroxylation is 2. The molecule has 2 rings (SSSR count). The van der Waals surface area contributed by atoms with Crippen LogP contribution in [0, 0.1) is 5.41 Å². The maximum Gasteiger partial charge on any atom is 0.147 e. The van der Waals surface area contributed by atoms with Crippen LogP contribution < -0.4 is 11.1 Å². The van der Waals surface area contributed by atoms with Crippen molar-refractivity contribution in [2.24, 2.45) is 12.5 Å². The van der Waals surface area contributed by atoms with Crippen LogP contribution in [0.5, 0.6) is 0 Å². The van der Waals surface area contributed by atoms with Crippen molar-refractivity contribution in [2.75, 3.05) is 24.2 Å². The van der Waals surface area contributed by atoms with E-state index in [0.717, 1.165) is 43.0 Å². The van der Waals surface area contributed by atoms with Crippen LogP contribution in [-0.2, 0) is 13.5 Å². The van der Waals surface area contributed by atoms with Crippen LogP contribution in [0.3, 0.4) is 0 Å². The molecule has 0 saturated heterocycles. The van der Waals surface area contributed by atoms with Gasteiger partial charge in [0.2, 0.25) is 0 Å². The molecule has 0 spiro atoms. The lowest BCUT2D eigenvalue weighted by Gasteiger charge is -2.36. The third-order valence-electron chi connectivity index (χ3n) is 4.38. The van der Waals surface area contributed by atoms with Crippen LogP contribution in [0.4, 0.5) is 11.5 Å². The van der Waals surface area contributed by atoms with Crippen LogP contribution in [0.2, 0.25) is 0 Å². The van der Waals surface area contributed by atoms with Gasteiger partial charge in [0.15, 0.2) is 0 Å². The largest absolute Gasteiger partial charge is 0.396 e. The summed E-state index contributed by atoms with van der Waals surface area (Å²) in [5, 5.41) is 17.5. The summed E-state index contributed by atoms with van der Waals surface area (Å²) in [6, 6.07) is 0. The summed E-state index contributed by atoms with van der Waals surface area (Å²) in [7, 11) is 1.91. The Labute approximate surface area is 115 Å². The maximum atomic E-state index is 9.72. The van der Waals surface area contributed by atoms with Gasteiger partial charge in [0.05, 0.1) is 18.0 Å². The van der Waals surface area contributed by atoms with Gasteiger partial charge < -0.3 is 16.2 Å². The fourth-order valence-electron chi connectivity index (χ4n) is 3.03. The summed E-state index contributed by atoms with van der Waals surface area (Å²) < 4.78 is 1.81. The second kappa shape index (κ2) is 5.82. The molecule has 0 unspecified atom stereocenters. The lowest BCUT2D eigenvalue weighted by molar-refractivity contribution is 0.0942. The van der Waals surface area contributed by atoms with Gasteiger partial charge in [-0.2, -0.15) is 5.10 Å². The summed E-state index contributed by atoms with van der Waals surface area (Å²) in [6.45, 7) is 3.08. The smallest absolute Gasteiger partial charge is 0.147 e. The van der Waals surface area contributed by atoms with Crippen molar-refractivity contribution >= 4 is 11.5 Å². The lowest BCUT2D eigenvalue weighted by atomic mass is 9.74. The zero-order chi connectivity index (χ0) is 13.9. The molecule has 0 aliphatic heterocycles. The van der Waals surface area contributed by atoms with Crippen molar-refractivity contribution < 1.29 is 5.11 Å². The van der Waals surface area contributed by atoms with E-state index in [1.165, 1.54) is 19.3 Å². The van der Waals surface area contributed by atoms with Crippen LogP contribution >= 0.6 is 0 Å². The van der Waals surface area contributed by atoms with Crippen molar-refractivity contribution in [3.05, 3.63) is 5.69 Å². The van der Waals surface area contributed by atoms with Gasteiger partial charge in [0, 0.05) is 19.0 Å². The monoisotopic (exact) mass is 266 g/mol. The molecule has 0 atom stereocenters. The molecule has 1 heterocycles. The standard InChI is InChI=1S/C14H26N4O/c1-3-11-12(15)13(18(2)17-11)16-9-14(10-19)7-5-4-6-8-14/h16,19H,3-10,15H2,1-2H3. The molecule has 1 aliphatic rings. The Hall–Kier alpha value is -1.23. The molecule has 1 fully saturated rings. The van der Waals surface area contributed by atoms with Gasteiger partial charge in [-0.15, -0.1) is 0 Å². The average Bonchev–Trinajstić information content (AvgIpc) is 2.72. The Kier molecular flexibility index (Phi) is 4.34. The molecule has 1 aliphatic carbocycles. The topological polar surface area (TPSA) is 76.1 Å². The summed E-state index contributed by atoms with van der Waals surface area (Å²) >= 11 is 0. The highest BCUT2D eigenvalue weighted by Crippen LogP contribution is 2.36. The number of aliphatic hydroxyl groups excluding tert-OH is 1. The molecule has 5 nitrogen and oxygen atoms in total. The molecule has 1 aromatic heterocycles. The van der Waals surface area contributed by atoms with Gasteiger partial charge in [-0.1, -0.05) is 26.2 Å².